The third kappa shape index (κ3) is 3.87. The number of benzene rings is 1. The molecule has 0 fully saturated rings. The lowest BCUT2D eigenvalue weighted by molar-refractivity contribution is -0.136. The molecule has 2 amide bonds. The Morgan fingerprint density at radius 3 is 2.80 bits per heavy atom. The highest BCUT2D eigenvalue weighted by molar-refractivity contribution is 7.98. The van der Waals surface area contributed by atoms with Gasteiger partial charge in [0.2, 0.25) is 0 Å². The molecule has 6 nitrogen and oxygen atoms in total. The number of hydrogen-bond acceptors (Lipinski definition) is 4. The lowest BCUT2D eigenvalue weighted by Crippen LogP contribution is -2.37. The van der Waals surface area contributed by atoms with E-state index in [-0.39, 0.29) is 5.92 Å². The number of amides is 2. The maximum absolute atomic E-state index is 12.3. The fourth-order valence-corrected chi connectivity index (χ4v) is 3.66. The predicted molar refractivity (Wildman–Crippen MR) is 99.8 cm³/mol. The summed E-state index contributed by atoms with van der Waals surface area (Å²) in [7, 11) is 0. The second-order valence-electron chi connectivity index (χ2n) is 6.58. The minimum Gasteiger partial charge on any atom is -0.348 e. The van der Waals surface area contributed by atoms with Crippen molar-refractivity contribution in [1.82, 2.24) is 15.1 Å². The maximum atomic E-state index is 12.3. The number of hydrogen-bond donors (Lipinski definition) is 2. The van der Waals surface area contributed by atoms with E-state index in [1.54, 1.807) is 16.4 Å². The highest BCUT2D eigenvalue weighted by atomic mass is 32.2. The summed E-state index contributed by atoms with van der Waals surface area (Å²) in [5, 5.41) is 10.1. The number of rotatable bonds is 4. The first-order chi connectivity index (χ1) is 12.0. The number of nitrogens with one attached hydrogen (secondary N) is 2. The molecule has 2 aromatic rings. The van der Waals surface area contributed by atoms with Gasteiger partial charge in [-0.3, -0.25) is 9.59 Å². The standard InChI is InChI=1S/C18H22N4O2S/c1-11(2)8-19-17(23)18(24)20-16-14-9-25-10-15(14)21-22(16)13-6-4-5-12(3)7-13/h4-7,11H,8-10H2,1-3H3,(H,19,23)(H,20,24). The number of nitrogens with zero attached hydrogens (tertiary/aromatic N) is 2. The maximum Gasteiger partial charge on any atom is 0.314 e. The van der Waals surface area contributed by atoms with Crippen molar-refractivity contribution in [3.63, 3.8) is 0 Å². The summed E-state index contributed by atoms with van der Waals surface area (Å²) in [6.07, 6.45) is 0. The van der Waals surface area contributed by atoms with Gasteiger partial charge in [0, 0.05) is 23.6 Å². The minimum atomic E-state index is -0.658. The normalized spacial score (nSPS) is 13.0. The molecule has 1 aliphatic rings. The van der Waals surface area contributed by atoms with Gasteiger partial charge in [-0.2, -0.15) is 16.9 Å². The zero-order valence-electron chi connectivity index (χ0n) is 14.6. The van der Waals surface area contributed by atoms with Crippen LogP contribution in [0.4, 0.5) is 5.82 Å². The van der Waals surface area contributed by atoms with Crippen LogP contribution in [0, 0.1) is 12.8 Å². The summed E-state index contributed by atoms with van der Waals surface area (Å²) >= 11 is 1.75. The van der Waals surface area contributed by atoms with Crippen molar-refractivity contribution >= 4 is 29.4 Å². The molecule has 0 unspecified atom stereocenters. The lowest BCUT2D eigenvalue weighted by Gasteiger charge is -2.12. The molecule has 1 aliphatic heterocycles. The fraction of sp³-hybridized carbons (Fsp3) is 0.389. The number of aromatic nitrogens is 2. The average Bonchev–Trinajstić information content (AvgIpc) is 3.15. The quantitative estimate of drug-likeness (QED) is 0.824. The van der Waals surface area contributed by atoms with Gasteiger partial charge in [-0.25, -0.2) is 4.68 Å². The molecule has 0 radical (unpaired) electrons. The fourth-order valence-electron chi connectivity index (χ4n) is 2.63. The summed E-state index contributed by atoms with van der Waals surface area (Å²) < 4.78 is 1.73. The Balaban J connectivity index is 1.88. The van der Waals surface area contributed by atoms with E-state index < -0.39 is 11.8 Å². The molecule has 25 heavy (non-hydrogen) atoms. The van der Waals surface area contributed by atoms with Crippen LogP contribution in [0.2, 0.25) is 0 Å². The van der Waals surface area contributed by atoms with E-state index in [1.807, 2.05) is 45.0 Å². The molecule has 1 aromatic heterocycles. The highest BCUT2D eigenvalue weighted by Crippen LogP contribution is 2.36. The Kier molecular flexibility index (Phi) is 5.13. The molecule has 0 aliphatic carbocycles. The van der Waals surface area contributed by atoms with Gasteiger partial charge in [0.15, 0.2) is 0 Å². The number of carbonyl (C=O) groups excluding carboxylic acids is 2. The van der Waals surface area contributed by atoms with Gasteiger partial charge in [-0.1, -0.05) is 26.0 Å². The van der Waals surface area contributed by atoms with E-state index in [4.69, 9.17) is 0 Å². The first kappa shape index (κ1) is 17.5. The topological polar surface area (TPSA) is 76.0 Å². The molecule has 0 spiro atoms. The summed E-state index contributed by atoms with van der Waals surface area (Å²) in [4.78, 5) is 24.3. The second-order valence-corrected chi connectivity index (χ2v) is 7.56. The third-order valence-corrected chi connectivity index (χ3v) is 4.88. The molecule has 7 heteroatoms. The molecule has 0 bridgehead atoms. The van der Waals surface area contributed by atoms with Crippen LogP contribution in [-0.2, 0) is 21.1 Å². The molecule has 1 aromatic carbocycles. The highest BCUT2D eigenvalue weighted by Gasteiger charge is 2.26. The first-order valence-electron chi connectivity index (χ1n) is 8.30. The molecule has 132 valence electrons. The molecule has 2 heterocycles. The van der Waals surface area contributed by atoms with Crippen molar-refractivity contribution in [3.05, 3.63) is 41.1 Å². The van der Waals surface area contributed by atoms with Gasteiger partial charge in [0.1, 0.15) is 5.82 Å². The van der Waals surface area contributed by atoms with Crippen LogP contribution in [-0.4, -0.2) is 28.1 Å². The van der Waals surface area contributed by atoms with Crippen LogP contribution >= 0.6 is 11.8 Å². The van der Waals surface area contributed by atoms with Crippen LogP contribution in [0.3, 0.4) is 0 Å². The van der Waals surface area contributed by atoms with E-state index in [9.17, 15) is 9.59 Å². The summed E-state index contributed by atoms with van der Waals surface area (Å²) in [6, 6.07) is 7.90. The summed E-state index contributed by atoms with van der Waals surface area (Å²) in [6.45, 7) is 6.44. The van der Waals surface area contributed by atoms with Gasteiger partial charge in [-0.15, -0.1) is 0 Å². The van der Waals surface area contributed by atoms with Gasteiger partial charge in [0.05, 0.1) is 11.4 Å². The second kappa shape index (κ2) is 7.31. The first-order valence-corrected chi connectivity index (χ1v) is 9.46. The van der Waals surface area contributed by atoms with Crippen molar-refractivity contribution in [2.24, 2.45) is 5.92 Å². The van der Waals surface area contributed by atoms with Crippen LogP contribution in [0.1, 0.15) is 30.7 Å². The number of carbonyl (C=O) groups is 2. The number of aryl methyl sites for hydroxylation is 1. The Morgan fingerprint density at radius 1 is 1.28 bits per heavy atom. The Morgan fingerprint density at radius 2 is 2.08 bits per heavy atom. The van der Waals surface area contributed by atoms with Crippen molar-refractivity contribution in [2.75, 3.05) is 11.9 Å². The molecule has 0 saturated heterocycles. The van der Waals surface area contributed by atoms with Gasteiger partial charge >= 0.3 is 11.8 Å². The van der Waals surface area contributed by atoms with Crippen LogP contribution in [0.25, 0.3) is 5.69 Å². The van der Waals surface area contributed by atoms with Gasteiger partial charge < -0.3 is 10.6 Å². The lowest BCUT2D eigenvalue weighted by atomic mass is 10.2. The summed E-state index contributed by atoms with van der Waals surface area (Å²) in [5.74, 6) is 1.20. The third-order valence-electron chi connectivity index (χ3n) is 3.91. The minimum absolute atomic E-state index is 0.287. The molecular weight excluding hydrogens is 336 g/mol. The smallest absolute Gasteiger partial charge is 0.314 e. The molecule has 2 N–H and O–H groups in total. The molecule has 0 saturated carbocycles. The van der Waals surface area contributed by atoms with Crippen molar-refractivity contribution in [3.8, 4) is 5.69 Å². The van der Waals surface area contributed by atoms with Crippen molar-refractivity contribution in [2.45, 2.75) is 32.3 Å². The van der Waals surface area contributed by atoms with E-state index >= 15 is 0 Å². The Hall–Kier alpha value is -2.28. The summed E-state index contributed by atoms with van der Waals surface area (Å²) in [5.41, 5.74) is 3.94. The van der Waals surface area contributed by atoms with E-state index in [1.165, 1.54) is 0 Å². The molecule has 3 rings (SSSR count). The van der Waals surface area contributed by atoms with Crippen LogP contribution < -0.4 is 10.6 Å². The van der Waals surface area contributed by atoms with Crippen LogP contribution in [0.15, 0.2) is 24.3 Å². The average molecular weight is 358 g/mol. The van der Waals surface area contributed by atoms with E-state index in [2.05, 4.69) is 15.7 Å². The zero-order chi connectivity index (χ0) is 18.0. The zero-order valence-corrected chi connectivity index (χ0v) is 15.4. The van der Waals surface area contributed by atoms with Gasteiger partial charge in [0.25, 0.3) is 0 Å². The molecule has 0 atom stereocenters. The Bertz CT molecular complexity index is 813. The number of thioether (sulfide) groups is 1. The van der Waals surface area contributed by atoms with E-state index in [0.717, 1.165) is 34.0 Å². The predicted octanol–water partition coefficient (Wildman–Crippen LogP) is 2.64. The van der Waals surface area contributed by atoms with Crippen molar-refractivity contribution < 1.29 is 9.59 Å². The Labute approximate surface area is 151 Å². The van der Waals surface area contributed by atoms with Gasteiger partial charge in [-0.05, 0) is 30.5 Å². The number of fused-ring (bicyclic) bond motifs is 1. The molecular formula is C18H22N4O2S. The number of anilines is 1. The van der Waals surface area contributed by atoms with Crippen molar-refractivity contribution in [1.29, 1.82) is 0 Å². The monoisotopic (exact) mass is 358 g/mol. The van der Waals surface area contributed by atoms with E-state index in [0.29, 0.717) is 12.4 Å². The largest absolute Gasteiger partial charge is 0.348 e. The van der Waals surface area contributed by atoms with Crippen LogP contribution in [0.5, 0.6) is 0 Å². The SMILES string of the molecule is Cc1cccc(-n2nc3c(c2NC(=O)C(=O)NCC(C)C)CSC3)c1.